The van der Waals surface area contributed by atoms with Gasteiger partial charge < -0.3 is 4.74 Å². The maximum absolute atomic E-state index is 13.1. The Balaban J connectivity index is 1.24. The molecule has 188 valence electrons. The molecule has 2 aliphatic rings. The summed E-state index contributed by atoms with van der Waals surface area (Å²) in [5.41, 5.74) is 2.96. The number of imide groups is 1. The van der Waals surface area contributed by atoms with Gasteiger partial charge >= 0.3 is 5.97 Å². The van der Waals surface area contributed by atoms with E-state index in [1.807, 2.05) is 42.5 Å². The van der Waals surface area contributed by atoms with Gasteiger partial charge in [-0.05, 0) is 42.2 Å². The van der Waals surface area contributed by atoms with Gasteiger partial charge in [0.15, 0.2) is 12.4 Å². The molecule has 2 amide bonds. The molecule has 1 heterocycles. The van der Waals surface area contributed by atoms with Gasteiger partial charge in [0.05, 0.1) is 23.1 Å². The summed E-state index contributed by atoms with van der Waals surface area (Å²) >= 11 is 7.17. The average Bonchev–Trinajstić information content (AvgIpc) is 3.16. The Hall–Kier alpha value is -3.10. The Bertz CT molecular complexity index is 1330. The monoisotopic (exact) mass is 623 g/mol. The Morgan fingerprint density at radius 3 is 1.97 bits per heavy atom. The number of carbonyl (C=O) groups is 4. The van der Waals surface area contributed by atoms with Crippen LogP contribution < -0.4 is 4.90 Å². The van der Waals surface area contributed by atoms with E-state index in [9.17, 15) is 19.2 Å². The first-order valence-corrected chi connectivity index (χ1v) is 13.8. The number of carbonyl (C=O) groups excluding carboxylic acids is 4. The normalized spacial score (nSPS) is 23.0. The molecule has 0 bridgehead atoms. The van der Waals surface area contributed by atoms with Gasteiger partial charge in [0.1, 0.15) is 0 Å². The van der Waals surface area contributed by atoms with Crippen molar-refractivity contribution in [2.24, 2.45) is 11.8 Å². The summed E-state index contributed by atoms with van der Waals surface area (Å²) in [6.07, 6.45) is 1.13. The summed E-state index contributed by atoms with van der Waals surface area (Å²) in [4.78, 5) is 52.9. The lowest BCUT2D eigenvalue weighted by molar-refractivity contribution is -0.122. The molecule has 0 unspecified atom stereocenters. The standard InChI is InChI=1S/C29H23Br2NO5/c30-24-14-22-23(15-25(24)31)28(35)32(27(22)34)21-8-4-7-20(13-21)29(36)37-16-26(33)19-11-9-18(10-12-19)17-5-2-1-3-6-17/h1-13,22-25H,14-16H2/t22-,23-,24-,25+/m0/s1. The molecule has 6 nitrogen and oxygen atoms in total. The SMILES string of the molecule is O=C(COC(=O)c1cccc(N2C(=O)[C@H]3C[C@@H](Br)[C@@H](Br)C[C@@H]3C2=O)c1)c1ccc(-c2ccccc2)cc1. The predicted molar refractivity (Wildman–Crippen MR) is 147 cm³/mol. The fourth-order valence-electron chi connectivity index (χ4n) is 4.90. The molecule has 8 heteroatoms. The molecule has 2 fully saturated rings. The smallest absolute Gasteiger partial charge is 0.338 e. The van der Waals surface area contributed by atoms with Crippen LogP contribution in [-0.4, -0.2) is 39.8 Å². The van der Waals surface area contributed by atoms with Crippen LogP contribution in [0.15, 0.2) is 78.9 Å². The van der Waals surface area contributed by atoms with Gasteiger partial charge in [0.25, 0.3) is 0 Å². The topological polar surface area (TPSA) is 80.8 Å². The molecule has 1 aliphatic carbocycles. The van der Waals surface area contributed by atoms with E-state index in [4.69, 9.17) is 4.74 Å². The Morgan fingerprint density at radius 2 is 1.35 bits per heavy atom. The molecule has 37 heavy (non-hydrogen) atoms. The zero-order chi connectivity index (χ0) is 26.1. The van der Waals surface area contributed by atoms with Crippen molar-refractivity contribution in [1.29, 1.82) is 0 Å². The number of hydrogen-bond acceptors (Lipinski definition) is 5. The second kappa shape index (κ2) is 10.7. The highest BCUT2D eigenvalue weighted by Gasteiger charge is 2.52. The Labute approximate surface area is 231 Å². The van der Waals surface area contributed by atoms with Crippen LogP contribution in [0.1, 0.15) is 33.6 Å². The molecule has 0 radical (unpaired) electrons. The second-order valence-electron chi connectivity index (χ2n) is 9.22. The number of rotatable bonds is 6. The van der Waals surface area contributed by atoms with Crippen LogP contribution in [0, 0.1) is 11.8 Å². The largest absolute Gasteiger partial charge is 0.454 e. The van der Waals surface area contributed by atoms with Crippen molar-refractivity contribution in [3.63, 3.8) is 0 Å². The van der Waals surface area contributed by atoms with Crippen molar-refractivity contribution in [3.8, 4) is 11.1 Å². The molecule has 3 aromatic carbocycles. The maximum atomic E-state index is 13.1. The van der Waals surface area contributed by atoms with E-state index in [-0.39, 0.29) is 44.7 Å². The number of nitrogens with zero attached hydrogens (tertiary/aromatic N) is 1. The lowest BCUT2D eigenvalue weighted by atomic mass is 9.81. The van der Waals surface area contributed by atoms with Gasteiger partial charge in [-0.2, -0.15) is 0 Å². The first kappa shape index (κ1) is 25.5. The van der Waals surface area contributed by atoms with E-state index in [0.29, 0.717) is 24.1 Å². The van der Waals surface area contributed by atoms with E-state index in [1.165, 1.54) is 17.0 Å². The molecule has 1 saturated heterocycles. The Morgan fingerprint density at radius 1 is 0.757 bits per heavy atom. The first-order valence-electron chi connectivity index (χ1n) is 12.0. The predicted octanol–water partition coefficient (Wildman–Crippen LogP) is 5.82. The van der Waals surface area contributed by atoms with Crippen LogP contribution in [0.4, 0.5) is 5.69 Å². The van der Waals surface area contributed by atoms with Gasteiger partial charge in [0.2, 0.25) is 11.8 Å². The molecular formula is C29H23Br2NO5. The number of Topliss-reactive ketones (excluding diaryl/α,β-unsaturated/α-hetero) is 1. The highest BCUT2D eigenvalue weighted by Crippen LogP contribution is 2.44. The number of alkyl halides is 2. The van der Waals surface area contributed by atoms with Gasteiger partial charge in [-0.1, -0.05) is 92.5 Å². The number of ether oxygens (including phenoxy) is 1. The summed E-state index contributed by atoms with van der Waals surface area (Å²) < 4.78 is 5.26. The molecule has 1 saturated carbocycles. The van der Waals surface area contributed by atoms with Crippen molar-refractivity contribution in [2.75, 3.05) is 11.5 Å². The molecule has 5 rings (SSSR count). The number of amides is 2. The minimum absolute atomic E-state index is 0.110. The summed E-state index contributed by atoms with van der Waals surface area (Å²) in [7, 11) is 0. The van der Waals surface area contributed by atoms with Gasteiger partial charge in [-0.15, -0.1) is 0 Å². The highest BCUT2D eigenvalue weighted by atomic mass is 79.9. The lowest BCUT2D eigenvalue weighted by Crippen LogP contribution is -2.34. The number of halogens is 2. The summed E-state index contributed by atoms with van der Waals surface area (Å²) in [5, 5.41) is 0. The summed E-state index contributed by atoms with van der Waals surface area (Å²) in [5.74, 6) is -2.29. The number of benzene rings is 3. The van der Waals surface area contributed by atoms with Gasteiger partial charge in [-0.3, -0.25) is 19.3 Å². The first-order chi connectivity index (χ1) is 17.8. The zero-order valence-electron chi connectivity index (χ0n) is 19.7. The van der Waals surface area contributed by atoms with Gasteiger partial charge in [-0.25, -0.2) is 4.79 Å². The fraction of sp³-hybridized carbons (Fsp3) is 0.241. The molecule has 0 spiro atoms. The average molecular weight is 625 g/mol. The van der Waals surface area contributed by atoms with E-state index < -0.39 is 12.6 Å². The highest BCUT2D eigenvalue weighted by molar-refractivity contribution is 9.12. The fourth-order valence-corrected chi connectivity index (χ4v) is 6.14. The van der Waals surface area contributed by atoms with E-state index >= 15 is 0 Å². The third-order valence-electron chi connectivity index (χ3n) is 6.90. The number of ketones is 1. The van der Waals surface area contributed by atoms with E-state index in [1.54, 1.807) is 24.3 Å². The van der Waals surface area contributed by atoms with Crippen molar-refractivity contribution >= 4 is 61.1 Å². The van der Waals surface area contributed by atoms with Crippen LogP contribution in [-0.2, 0) is 14.3 Å². The third kappa shape index (κ3) is 5.18. The molecule has 0 N–H and O–H groups in total. The molecular weight excluding hydrogens is 602 g/mol. The Kier molecular flexibility index (Phi) is 7.40. The van der Waals surface area contributed by atoms with Gasteiger partial charge in [0, 0.05) is 15.2 Å². The molecule has 4 atom stereocenters. The molecule has 1 aliphatic heterocycles. The van der Waals surface area contributed by atoms with Crippen molar-refractivity contribution in [1.82, 2.24) is 0 Å². The number of fused-ring (bicyclic) bond motifs is 1. The van der Waals surface area contributed by atoms with Crippen molar-refractivity contribution in [3.05, 3.63) is 90.0 Å². The number of esters is 1. The quantitative estimate of drug-likeness (QED) is 0.149. The van der Waals surface area contributed by atoms with Crippen molar-refractivity contribution in [2.45, 2.75) is 22.5 Å². The summed E-state index contributed by atoms with van der Waals surface area (Å²) in [6, 6.07) is 23.1. The minimum atomic E-state index is -0.700. The van der Waals surface area contributed by atoms with Crippen LogP contribution in [0.5, 0.6) is 0 Å². The number of hydrogen-bond donors (Lipinski definition) is 0. The van der Waals surface area contributed by atoms with Crippen LogP contribution in [0.3, 0.4) is 0 Å². The maximum Gasteiger partial charge on any atom is 0.338 e. The van der Waals surface area contributed by atoms with Crippen LogP contribution in [0.2, 0.25) is 0 Å². The van der Waals surface area contributed by atoms with E-state index in [0.717, 1.165) is 11.1 Å². The summed E-state index contributed by atoms with van der Waals surface area (Å²) in [6.45, 7) is -0.418. The molecule has 3 aromatic rings. The third-order valence-corrected chi connectivity index (χ3v) is 9.63. The zero-order valence-corrected chi connectivity index (χ0v) is 22.9. The minimum Gasteiger partial charge on any atom is -0.454 e. The second-order valence-corrected chi connectivity index (χ2v) is 11.6. The number of anilines is 1. The van der Waals surface area contributed by atoms with Crippen LogP contribution >= 0.6 is 31.9 Å². The van der Waals surface area contributed by atoms with Crippen LogP contribution in [0.25, 0.3) is 11.1 Å². The molecule has 0 aromatic heterocycles. The van der Waals surface area contributed by atoms with E-state index in [2.05, 4.69) is 31.9 Å². The van der Waals surface area contributed by atoms with Crippen molar-refractivity contribution < 1.29 is 23.9 Å². The lowest BCUT2D eigenvalue weighted by Gasteiger charge is -2.29.